The molecule has 8 aromatic carbocycles. The molecule has 0 bridgehead atoms. The number of hydrogen-bond acceptors (Lipinski definition) is 3. The van der Waals surface area contributed by atoms with Crippen LogP contribution >= 0.6 is 22.7 Å². The van der Waals surface area contributed by atoms with Gasteiger partial charge in [0.1, 0.15) is 0 Å². The summed E-state index contributed by atoms with van der Waals surface area (Å²) < 4.78 is 8.02. The van der Waals surface area contributed by atoms with E-state index in [0.717, 1.165) is 0 Å². The number of anilines is 2. The monoisotopic (exact) mass is 858 g/mol. The van der Waals surface area contributed by atoms with Crippen LogP contribution in [0, 0.1) is 0 Å². The van der Waals surface area contributed by atoms with Gasteiger partial charge in [-0.3, -0.25) is 0 Å². The molecule has 5 heteroatoms. The summed E-state index contributed by atoms with van der Waals surface area (Å²) in [6.45, 7) is 18.8. The third kappa shape index (κ3) is 4.76. The minimum absolute atomic E-state index is 0.0450. The van der Waals surface area contributed by atoms with Crippen LogP contribution in [0.1, 0.15) is 77.6 Å². The first-order valence-electron chi connectivity index (χ1n) is 22.9. The van der Waals surface area contributed by atoms with Crippen molar-refractivity contribution in [2.24, 2.45) is 0 Å². The minimum Gasteiger partial charge on any atom is -0.376 e. The van der Waals surface area contributed by atoms with Crippen molar-refractivity contribution in [1.82, 2.24) is 4.57 Å². The standard InChI is InChI=1S/C59H47BN2S2/c1-57(2,3)32-17-20-34(21-18-32)62-49-28-40-35-22-19-33(58(4,5)6)25-45(35)59(7,8)46(40)27-42(49)38-23-24-39-41-26-43-36-13-9-11-15-51(36)64-54(43)31-48(41)61-50-29-44-37-14-10-12-16-52(37)63-53(44)30-47(50)60(62)55(38)56(39)61/h9-31H,1-8H3. The van der Waals surface area contributed by atoms with Gasteiger partial charge in [0.2, 0.25) is 0 Å². The van der Waals surface area contributed by atoms with Crippen molar-refractivity contribution in [3.05, 3.63) is 162 Å². The molecule has 1 aliphatic carbocycles. The van der Waals surface area contributed by atoms with Gasteiger partial charge in [0, 0.05) is 79.2 Å². The van der Waals surface area contributed by atoms with Gasteiger partial charge in [0.25, 0.3) is 0 Å². The van der Waals surface area contributed by atoms with Crippen LogP contribution in [0.3, 0.4) is 0 Å². The zero-order valence-electron chi connectivity index (χ0n) is 37.6. The molecule has 0 N–H and O–H groups in total. The molecule has 0 atom stereocenters. The lowest BCUT2D eigenvalue weighted by Crippen LogP contribution is -2.60. The molecule has 0 fully saturated rings. The van der Waals surface area contributed by atoms with E-state index in [4.69, 9.17) is 0 Å². The molecule has 2 nitrogen and oxygen atoms in total. The second-order valence-corrected chi connectivity index (χ2v) is 23.5. The summed E-state index contributed by atoms with van der Waals surface area (Å²) in [4.78, 5) is 2.73. The highest BCUT2D eigenvalue weighted by atomic mass is 32.1. The van der Waals surface area contributed by atoms with Gasteiger partial charge in [-0.2, -0.15) is 0 Å². The van der Waals surface area contributed by atoms with E-state index < -0.39 is 0 Å². The van der Waals surface area contributed by atoms with Gasteiger partial charge < -0.3 is 9.38 Å². The van der Waals surface area contributed by atoms with Gasteiger partial charge in [-0.1, -0.05) is 134 Å². The van der Waals surface area contributed by atoms with Crippen molar-refractivity contribution in [1.29, 1.82) is 0 Å². The molecule has 0 amide bonds. The molecule has 5 heterocycles. The first-order chi connectivity index (χ1) is 30.7. The first-order valence-corrected chi connectivity index (χ1v) is 24.5. The second-order valence-electron chi connectivity index (χ2n) is 21.3. The third-order valence-corrected chi connectivity index (χ3v) is 17.5. The van der Waals surface area contributed by atoms with Crippen molar-refractivity contribution in [2.45, 2.75) is 71.6 Å². The van der Waals surface area contributed by atoms with E-state index in [-0.39, 0.29) is 23.1 Å². The molecule has 3 aromatic heterocycles. The fourth-order valence-corrected chi connectivity index (χ4v) is 14.2. The Morgan fingerprint density at radius 1 is 0.469 bits per heavy atom. The molecule has 0 unspecified atom stereocenters. The number of nitrogens with zero attached hydrogens (tertiary/aromatic N) is 2. The molecule has 0 saturated heterocycles. The number of fused-ring (bicyclic) bond motifs is 17. The second kappa shape index (κ2) is 12.1. The lowest BCUT2D eigenvalue weighted by Gasteiger charge is -2.42. The Morgan fingerprint density at radius 2 is 1.09 bits per heavy atom. The van der Waals surface area contributed by atoms with Crippen LogP contribution in [0.2, 0.25) is 0 Å². The lowest BCUT2D eigenvalue weighted by atomic mass is 9.44. The largest absolute Gasteiger partial charge is 0.376 e. The van der Waals surface area contributed by atoms with Crippen LogP contribution < -0.4 is 15.7 Å². The smallest absolute Gasteiger partial charge is 0.333 e. The Hall–Kier alpha value is -6.14. The number of thiophene rings is 2. The Kier molecular flexibility index (Phi) is 7.07. The zero-order chi connectivity index (χ0) is 43.3. The van der Waals surface area contributed by atoms with E-state index in [2.05, 4.69) is 204 Å². The molecule has 0 radical (unpaired) electrons. The van der Waals surface area contributed by atoms with Crippen molar-refractivity contribution >= 4 is 114 Å². The third-order valence-electron chi connectivity index (χ3n) is 15.3. The lowest BCUT2D eigenvalue weighted by molar-refractivity contribution is 0.584. The number of hydrogen-bond donors (Lipinski definition) is 0. The highest BCUT2D eigenvalue weighted by Crippen LogP contribution is 2.55. The quantitative estimate of drug-likeness (QED) is 0.149. The summed E-state index contributed by atoms with van der Waals surface area (Å²) in [5, 5.41) is 8.00. The van der Waals surface area contributed by atoms with Crippen molar-refractivity contribution in [2.75, 3.05) is 4.81 Å². The topological polar surface area (TPSA) is 8.17 Å². The van der Waals surface area contributed by atoms with Gasteiger partial charge >= 0.3 is 6.85 Å². The summed E-state index contributed by atoms with van der Waals surface area (Å²) >= 11 is 3.84. The molecule has 64 heavy (non-hydrogen) atoms. The summed E-state index contributed by atoms with van der Waals surface area (Å²) in [6.07, 6.45) is 0. The molecule has 3 aliphatic rings. The summed E-state index contributed by atoms with van der Waals surface area (Å²) in [5.41, 5.74) is 20.1. The van der Waals surface area contributed by atoms with Crippen LogP contribution in [0.15, 0.2) is 140 Å². The number of rotatable bonds is 1. The average molecular weight is 859 g/mol. The summed E-state index contributed by atoms with van der Waals surface area (Å²) in [7, 11) is 0. The Labute approximate surface area is 382 Å². The Balaban J connectivity index is 1.14. The maximum atomic E-state index is 2.73. The number of benzene rings is 8. The van der Waals surface area contributed by atoms with E-state index in [1.54, 1.807) is 0 Å². The minimum atomic E-state index is -0.152. The van der Waals surface area contributed by atoms with Crippen LogP contribution in [0.4, 0.5) is 11.4 Å². The Bertz CT molecular complexity index is 3900. The van der Waals surface area contributed by atoms with E-state index >= 15 is 0 Å². The summed E-state index contributed by atoms with van der Waals surface area (Å²) in [6, 6.07) is 54.9. The molecule has 2 aliphatic heterocycles. The van der Waals surface area contributed by atoms with Crippen LogP contribution in [-0.2, 0) is 16.2 Å². The van der Waals surface area contributed by atoms with E-state index in [9.17, 15) is 0 Å². The van der Waals surface area contributed by atoms with Crippen LogP contribution in [0.5, 0.6) is 0 Å². The normalized spacial score (nSPS) is 14.9. The Morgan fingerprint density at radius 3 is 1.80 bits per heavy atom. The number of aromatic nitrogens is 1. The molecular formula is C59H47BN2S2. The summed E-state index contributed by atoms with van der Waals surface area (Å²) in [5.74, 6) is 0. The van der Waals surface area contributed by atoms with Crippen molar-refractivity contribution in [3.8, 4) is 27.9 Å². The SMILES string of the molecule is CC(C)(C)c1ccc(N2B3c4cc5sc6ccccc6c5cc4-n4c5cc6sc7ccccc7c6cc5c5ccc(c3c54)-c3cc4c(cc32)-c2ccc(C(C)(C)C)cc2C4(C)C)cc1. The average Bonchev–Trinajstić information content (AvgIpc) is 3.99. The van der Waals surface area contributed by atoms with E-state index in [1.807, 2.05) is 22.7 Å². The van der Waals surface area contributed by atoms with Crippen LogP contribution in [-0.4, -0.2) is 11.4 Å². The predicted molar refractivity (Wildman–Crippen MR) is 281 cm³/mol. The fraction of sp³-hybridized carbons (Fsp3) is 0.186. The maximum Gasteiger partial charge on any atom is 0.333 e. The van der Waals surface area contributed by atoms with Crippen molar-refractivity contribution in [3.63, 3.8) is 0 Å². The van der Waals surface area contributed by atoms with Gasteiger partial charge in [-0.25, -0.2) is 0 Å². The maximum absolute atomic E-state index is 2.73. The van der Waals surface area contributed by atoms with Gasteiger partial charge in [-0.15, -0.1) is 22.7 Å². The highest BCUT2D eigenvalue weighted by Gasteiger charge is 2.46. The fourth-order valence-electron chi connectivity index (χ4n) is 11.9. The van der Waals surface area contributed by atoms with Gasteiger partial charge in [-0.05, 0) is 121 Å². The van der Waals surface area contributed by atoms with E-state index in [1.165, 1.54) is 135 Å². The molecule has 11 aromatic rings. The molecule has 308 valence electrons. The predicted octanol–water partition coefficient (Wildman–Crippen LogP) is 15.7. The van der Waals surface area contributed by atoms with Gasteiger partial charge in [0.05, 0.1) is 11.0 Å². The molecular weight excluding hydrogens is 812 g/mol. The van der Waals surface area contributed by atoms with Crippen LogP contribution in [0.25, 0.3) is 90.1 Å². The van der Waals surface area contributed by atoms with E-state index in [0.29, 0.717) is 0 Å². The van der Waals surface area contributed by atoms with Gasteiger partial charge in [0.15, 0.2) is 0 Å². The molecule has 0 saturated carbocycles. The zero-order valence-corrected chi connectivity index (χ0v) is 39.2. The molecule has 0 spiro atoms. The van der Waals surface area contributed by atoms with Crippen molar-refractivity contribution < 1.29 is 0 Å². The molecule has 14 rings (SSSR count). The first kappa shape index (κ1) is 37.3. The highest BCUT2D eigenvalue weighted by molar-refractivity contribution is 7.26.